The number of hydrogen-bond donors (Lipinski definition) is 2. The van der Waals surface area contributed by atoms with Crippen LogP contribution in [0.25, 0.3) is 0 Å². The number of rotatable bonds is 0. The van der Waals surface area contributed by atoms with Gasteiger partial charge in [0.25, 0.3) is 0 Å². The van der Waals surface area contributed by atoms with E-state index in [-0.39, 0.29) is 12.1 Å². The van der Waals surface area contributed by atoms with Crippen molar-refractivity contribution in [3.63, 3.8) is 0 Å². The lowest BCUT2D eigenvalue weighted by molar-refractivity contribution is 0.462. The van der Waals surface area contributed by atoms with E-state index in [9.17, 15) is 0 Å². The standard InChI is InChI=1S/C9H20N2/c10-8-6-4-2-1-3-5-7-9(8)11/h8-9H,1-7,10-11H2. The maximum Gasteiger partial charge on any atom is 0.0192 e. The molecule has 0 heterocycles. The summed E-state index contributed by atoms with van der Waals surface area (Å²) in [4.78, 5) is 0. The molecule has 0 amide bonds. The fourth-order valence-corrected chi connectivity index (χ4v) is 1.72. The van der Waals surface area contributed by atoms with Crippen LogP contribution in [0.5, 0.6) is 0 Å². The first-order valence-electron chi connectivity index (χ1n) is 4.82. The summed E-state index contributed by atoms with van der Waals surface area (Å²) < 4.78 is 0. The third kappa shape index (κ3) is 3.21. The summed E-state index contributed by atoms with van der Waals surface area (Å²) in [5.41, 5.74) is 11.8. The third-order valence-corrected chi connectivity index (χ3v) is 2.62. The van der Waals surface area contributed by atoms with E-state index in [2.05, 4.69) is 0 Å². The summed E-state index contributed by atoms with van der Waals surface area (Å²) in [6.45, 7) is 0. The van der Waals surface area contributed by atoms with E-state index in [4.69, 9.17) is 11.5 Å². The third-order valence-electron chi connectivity index (χ3n) is 2.62. The van der Waals surface area contributed by atoms with Gasteiger partial charge >= 0.3 is 0 Å². The van der Waals surface area contributed by atoms with Crippen molar-refractivity contribution in [1.82, 2.24) is 0 Å². The highest BCUT2D eigenvalue weighted by Gasteiger charge is 2.13. The average Bonchev–Trinajstić information content (AvgIpc) is 2.07. The highest BCUT2D eigenvalue weighted by Crippen LogP contribution is 2.14. The number of hydrogen-bond acceptors (Lipinski definition) is 2. The van der Waals surface area contributed by atoms with E-state index in [1.165, 1.54) is 32.1 Å². The topological polar surface area (TPSA) is 52.0 Å². The molecule has 66 valence electrons. The molecule has 1 fully saturated rings. The van der Waals surface area contributed by atoms with Gasteiger partial charge < -0.3 is 11.5 Å². The van der Waals surface area contributed by atoms with Crippen molar-refractivity contribution in [1.29, 1.82) is 0 Å². The Hall–Kier alpha value is -0.0800. The maximum absolute atomic E-state index is 5.89. The molecule has 1 saturated carbocycles. The fraction of sp³-hybridized carbons (Fsp3) is 1.00. The van der Waals surface area contributed by atoms with Crippen LogP contribution in [0.15, 0.2) is 0 Å². The van der Waals surface area contributed by atoms with Crippen LogP contribution in [0.1, 0.15) is 44.9 Å². The second kappa shape index (κ2) is 4.73. The molecule has 4 N–H and O–H groups in total. The van der Waals surface area contributed by atoms with E-state index in [1.54, 1.807) is 0 Å². The van der Waals surface area contributed by atoms with E-state index < -0.39 is 0 Å². The van der Waals surface area contributed by atoms with Gasteiger partial charge in [0.2, 0.25) is 0 Å². The summed E-state index contributed by atoms with van der Waals surface area (Å²) in [5.74, 6) is 0. The van der Waals surface area contributed by atoms with Crippen molar-refractivity contribution in [2.45, 2.75) is 57.0 Å². The first-order valence-corrected chi connectivity index (χ1v) is 4.82. The monoisotopic (exact) mass is 156 g/mol. The molecule has 0 bridgehead atoms. The van der Waals surface area contributed by atoms with Gasteiger partial charge in [0.1, 0.15) is 0 Å². The highest BCUT2D eigenvalue weighted by molar-refractivity contribution is 4.76. The molecule has 2 heteroatoms. The van der Waals surface area contributed by atoms with Crippen molar-refractivity contribution in [3.05, 3.63) is 0 Å². The predicted octanol–water partition coefficient (Wildman–Crippen LogP) is 1.39. The molecular weight excluding hydrogens is 136 g/mol. The SMILES string of the molecule is NC1CCCCCCCC1N. The van der Waals surface area contributed by atoms with Gasteiger partial charge in [-0.15, -0.1) is 0 Å². The van der Waals surface area contributed by atoms with Crippen molar-refractivity contribution >= 4 is 0 Å². The molecule has 11 heavy (non-hydrogen) atoms. The van der Waals surface area contributed by atoms with Gasteiger partial charge in [-0.05, 0) is 12.8 Å². The molecule has 0 radical (unpaired) electrons. The van der Waals surface area contributed by atoms with Gasteiger partial charge in [-0.25, -0.2) is 0 Å². The van der Waals surface area contributed by atoms with Crippen LogP contribution in [0.2, 0.25) is 0 Å². The summed E-state index contributed by atoms with van der Waals surface area (Å²) in [5, 5.41) is 0. The van der Waals surface area contributed by atoms with Crippen LogP contribution < -0.4 is 11.5 Å². The molecule has 0 aliphatic heterocycles. The fourth-order valence-electron chi connectivity index (χ4n) is 1.72. The molecule has 0 aromatic carbocycles. The Labute approximate surface area is 69.3 Å². The second-order valence-corrected chi connectivity index (χ2v) is 3.67. The van der Waals surface area contributed by atoms with Crippen LogP contribution in [-0.2, 0) is 0 Å². The average molecular weight is 156 g/mol. The first-order chi connectivity index (χ1) is 5.30. The van der Waals surface area contributed by atoms with Crippen molar-refractivity contribution in [2.75, 3.05) is 0 Å². The molecule has 1 aliphatic rings. The van der Waals surface area contributed by atoms with Gasteiger partial charge in [0.05, 0.1) is 0 Å². The molecule has 2 nitrogen and oxygen atoms in total. The molecule has 0 aromatic rings. The van der Waals surface area contributed by atoms with Crippen LogP contribution in [0, 0.1) is 0 Å². The summed E-state index contributed by atoms with van der Waals surface area (Å²) in [7, 11) is 0. The Morgan fingerprint density at radius 3 is 1.45 bits per heavy atom. The molecule has 0 saturated heterocycles. The quantitative estimate of drug-likeness (QED) is 0.557. The smallest absolute Gasteiger partial charge is 0.0192 e. The molecule has 2 atom stereocenters. The van der Waals surface area contributed by atoms with Gasteiger partial charge in [-0.1, -0.05) is 32.1 Å². The lowest BCUT2D eigenvalue weighted by Crippen LogP contribution is -2.40. The number of nitrogens with two attached hydrogens (primary N) is 2. The predicted molar refractivity (Wildman–Crippen MR) is 48.3 cm³/mol. The van der Waals surface area contributed by atoms with Crippen molar-refractivity contribution in [3.8, 4) is 0 Å². The van der Waals surface area contributed by atoms with Crippen LogP contribution in [0.3, 0.4) is 0 Å². The zero-order valence-corrected chi connectivity index (χ0v) is 7.26. The Kier molecular flexibility index (Phi) is 3.87. The summed E-state index contributed by atoms with van der Waals surface area (Å²) in [6.07, 6.45) is 8.87. The molecule has 2 unspecified atom stereocenters. The molecular formula is C9H20N2. The Balaban J connectivity index is 2.29. The zero-order valence-electron chi connectivity index (χ0n) is 7.26. The maximum atomic E-state index is 5.89. The summed E-state index contributed by atoms with van der Waals surface area (Å²) in [6, 6.07) is 0.515. The minimum Gasteiger partial charge on any atom is -0.326 e. The first kappa shape index (κ1) is 9.01. The molecule has 0 aromatic heterocycles. The Bertz CT molecular complexity index is 91.7. The van der Waals surface area contributed by atoms with Gasteiger partial charge in [-0.2, -0.15) is 0 Å². The van der Waals surface area contributed by atoms with Crippen LogP contribution in [-0.4, -0.2) is 12.1 Å². The second-order valence-electron chi connectivity index (χ2n) is 3.67. The molecule has 1 rings (SSSR count). The Morgan fingerprint density at radius 2 is 1.00 bits per heavy atom. The minimum atomic E-state index is 0.257. The van der Waals surface area contributed by atoms with E-state index in [0.717, 1.165) is 12.8 Å². The lowest BCUT2D eigenvalue weighted by atomic mass is 10.0. The van der Waals surface area contributed by atoms with E-state index in [1.807, 2.05) is 0 Å². The summed E-state index contributed by atoms with van der Waals surface area (Å²) >= 11 is 0. The minimum absolute atomic E-state index is 0.257. The van der Waals surface area contributed by atoms with Gasteiger partial charge in [-0.3, -0.25) is 0 Å². The highest BCUT2D eigenvalue weighted by atomic mass is 14.8. The largest absolute Gasteiger partial charge is 0.326 e. The molecule has 0 spiro atoms. The van der Waals surface area contributed by atoms with Gasteiger partial charge in [0.15, 0.2) is 0 Å². The molecule has 1 aliphatic carbocycles. The van der Waals surface area contributed by atoms with E-state index >= 15 is 0 Å². The van der Waals surface area contributed by atoms with Crippen LogP contribution in [0.4, 0.5) is 0 Å². The van der Waals surface area contributed by atoms with Crippen molar-refractivity contribution in [2.24, 2.45) is 11.5 Å². The van der Waals surface area contributed by atoms with Crippen LogP contribution >= 0.6 is 0 Å². The normalized spacial score (nSPS) is 35.5. The lowest BCUT2D eigenvalue weighted by Gasteiger charge is -2.17. The van der Waals surface area contributed by atoms with E-state index in [0.29, 0.717) is 0 Å². The zero-order chi connectivity index (χ0) is 8.10. The van der Waals surface area contributed by atoms with Crippen molar-refractivity contribution < 1.29 is 0 Å². The van der Waals surface area contributed by atoms with Gasteiger partial charge in [0, 0.05) is 12.1 Å². The Morgan fingerprint density at radius 1 is 0.636 bits per heavy atom.